The lowest BCUT2D eigenvalue weighted by atomic mass is 10.0. The summed E-state index contributed by atoms with van der Waals surface area (Å²) in [4.78, 5) is 38.7. The molecule has 0 unspecified atom stereocenters. The number of carbonyl (C=O) groups excluding carboxylic acids is 3. The third kappa shape index (κ3) is 4.49. The van der Waals surface area contributed by atoms with Crippen LogP contribution in [0, 0.1) is 5.92 Å². The SMILES string of the molecule is CC(=O)Nc1ccc2c(c1)C(=O)N(C)C[C@H](C)[C@@H](CN(C)C(C)=O)O2. The maximum absolute atomic E-state index is 12.7. The van der Waals surface area contributed by atoms with Gasteiger partial charge in [0, 0.05) is 46.1 Å². The predicted molar refractivity (Wildman–Crippen MR) is 94.6 cm³/mol. The number of hydrogen-bond donors (Lipinski definition) is 1. The highest BCUT2D eigenvalue weighted by Gasteiger charge is 2.30. The summed E-state index contributed by atoms with van der Waals surface area (Å²) in [6.07, 6.45) is -0.241. The largest absolute Gasteiger partial charge is 0.487 e. The van der Waals surface area contributed by atoms with Gasteiger partial charge in [0.05, 0.1) is 12.1 Å². The summed E-state index contributed by atoms with van der Waals surface area (Å²) < 4.78 is 6.09. The quantitative estimate of drug-likeness (QED) is 0.901. The number of rotatable bonds is 3. The molecule has 1 heterocycles. The molecule has 2 atom stereocenters. The van der Waals surface area contributed by atoms with Crippen LogP contribution >= 0.6 is 0 Å². The van der Waals surface area contributed by atoms with E-state index in [0.29, 0.717) is 30.1 Å². The minimum Gasteiger partial charge on any atom is -0.487 e. The second-order valence-electron chi connectivity index (χ2n) is 6.61. The van der Waals surface area contributed by atoms with Crippen molar-refractivity contribution in [3.8, 4) is 5.75 Å². The van der Waals surface area contributed by atoms with Crippen LogP contribution in [-0.4, -0.2) is 60.8 Å². The Balaban J connectivity index is 2.37. The molecule has 0 aliphatic carbocycles. The van der Waals surface area contributed by atoms with Crippen LogP contribution in [0.5, 0.6) is 5.75 Å². The summed E-state index contributed by atoms with van der Waals surface area (Å²) in [5.41, 5.74) is 0.943. The minimum absolute atomic E-state index is 0.0384. The number of amides is 3. The molecule has 0 fully saturated rings. The van der Waals surface area contributed by atoms with Crippen molar-refractivity contribution in [2.75, 3.05) is 32.5 Å². The first-order chi connectivity index (χ1) is 11.7. The molecule has 1 aliphatic heterocycles. The fourth-order valence-corrected chi connectivity index (χ4v) is 2.81. The van der Waals surface area contributed by atoms with Crippen LogP contribution in [0.15, 0.2) is 18.2 Å². The van der Waals surface area contributed by atoms with E-state index in [2.05, 4.69) is 5.32 Å². The number of carbonyl (C=O) groups is 3. The van der Waals surface area contributed by atoms with Crippen molar-refractivity contribution < 1.29 is 19.1 Å². The number of hydrogen-bond acceptors (Lipinski definition) is 4. The van der Waals surface area contributed by atoms with Gasteiger partial charge in [0.25, 0.3) is 5.91 Å². The molecular weight excluding hydrogens is 322 g/mol. The van der Waals surface area contributed by atoms with E-state index in [1.807, 2.05) is 6.92 Å². The summed E-state index contributed by atoms with van der Waals surface area (Å²) in [5, 5.41) is 2.68. The highest BCUT2D eigenvalue weighted by Crippen LogP contribution is 2.29. The van der Waals surface area contributed by atoms with Crippen LogP contribution in [0.4, 0.5) is 5.69 Å². The maximum Gasteiger partial charge on any atom is 0.257 e. The van der Waals surface area contributed by atoms with Gasteiger partial charge in [-0.25, -0.2) is 0 Å². The maximum atomic E-state index is 12.7. The number of likely N-dealkylation sites (N-methyl/N-ethyl adjacent to an activating group) is 1. The lowest BCUT2D eigenvalue weighted by Crippen LogP contribution is -2.45. The molecule has 2 rings (SSSR count). The van der Waals surface area contributed by atoms with E-state index in [-0.39, 0.29) is 29.7 Å². The molecule has 0 saturated heterocycles. The molecule has 0 aromatic heterocycles. The number of nitrogens with zero attached hydrogens (tertiary/aromatic N) is 2. The highest BCUT2D eigenvalue weighted by molar-refractivity contribution is 5.99. The minimum atomic E-state index is -0.241. The third-order valence-electron chi connectivity index (χ3n) is 4.34. The number of anilines is 1. The van der Waals surface area contributed by atoms with E-state index in [4.69, 9.17) is 4.74 Å². The number of benzene rings is 1. The van der Waals surface area contributed by atoms with Crippen LogP contribution in [-0.2, 0) is 9.59 Å². The topological polar surface area (TPSA) is 79.0 Å². The van der Waals surface area contributed by atoms with E-state index in [1.54, 1.807) is 42.1 Å². The van der Waals surface area contributed by atoms with E-state index < -0.39 is 0 Å². The van der Waals surface area contributed by atoms with Crippen LogP contribution in [0.2, 0.25) is 0 Å². The Morgan fingerprint density at radius 2 is 2.04 bits per heavy atom. The third-order valence-corrected chi connectivity index (χ3v) is 4.34. The predicted octanol–water partition coefficient (Wildman–Crippen LogP) is 1.59. The van der Waals surface area contributed by atoms with E-state index in [0.717, 1.165) is 0 Å². The second kappa shape index (κ2) is 7.55. The van der Waals surface area contributed by atoms with Crippen molar-refractivity contribution >= 4 is 23.4 Å². The number of fused-ring (bicyclic) bond motifs is 1. The zero-order valence-electron chi connectivity index (χ0n) is 15.3. The van der Waals surface area contributed by atoms with Gasteiger partial charge in [0.1, 0.15) is 11.9 Å². The molecule has 1 N–H and O–H groups in total. The molecule has 136 valence electrons. The van der Waals surface area contributed by atoms with Gasteiger partial charge in [0.15, 0.2) is 0 Å². The van der Waals surface area contributed by atoms with Gasteiger partial charge in [-0.3, -0.25) is 14.4 Å². The molecule has 1 aromatic rings. The summed E-state index contributed by atoms with van der Waals surface area (Å²) in [6.45, 7) is 5.87. The van der Waals surface area contributed by atoms with E-state index >= 15 is 0 Å². The van der Waals surface area contributed by atoms with Crippen LogP contribution < -0.4 is 10.1 Å². The molecule has 0 spiro atoms. The average molecular weight is 347 g/mol. The smallest absolute Gasteiger partial charge is 0.257 e. The Morgan fingerprint density at radius 1 is 1.36 bits per heavy atom. The molecule has 0 radical (unpaired) electrons. The Morgan fingerprint density at radius 3 is 2.64 bits per heavy atom. The Hall–Kier alpha value is -2.57. The van der Waals surface area contributed by atoms with E-state index in [9.17, 15) is 14.4 Å². The van der Waals surface area contributed by atoms with Crippen molar-refractivity contribution in [2.24, 2.45) is 5.92 Å². The monoisotopic (exact) mass is 347 g/mol. The molecular formula is C18H25N3O4. The van der Waals surface area contributed by atoms with Crippen molar-refractivity contribution in [1.29, 1.82) is 0 Å². The Bertz CT molecular complexity index is 689. The molecule has 1 aliphatic rings. The molecule has 7 nitrogen and oxygen atoms in total. The molecule has 3 amide bonds. The number of ether oxygens (including phenoxy) is 1. The number of nitrogens with one attached hydrogen (secondary N) is 1. The first-order valence-electron chi connectivity index (χ1n) is 8.24. The first-order valence-corrected chi connectivity index (χ1v) is 8.24. The zero-order chi connectivity index (χ0) is 18.7. The van der Waals surface area contributed by atoms with Crippen LogP contribution in [0.1, 0.15) is 31.1 Å². The van der Waals surface area contributed by atoms with Gasteiger partial charge in [-0.1, -0.05) is 6.92 Å². The zero-order valence-corrected chi connectivity index (χ0v) is 15.3. The fourth-order valence-electron chi connectivity index (χ4n) is 2.81. The van der Waals surface area contributed by atoms with Crippen molar-refractivity contribution in [3.05, 3.63) is 23.8 Å². The van der Waals surface area contributed by atoms with Crippen molar-refractivity contribution in [3.63, 3.8) is 0 Å². The summed E-state index contributed by atoms with van der Waals surface area (Å²) in [7, 11) is 3.47. The summed E-state index contributed by atoms with van der Waals surface area (Å²) >= 11 is 0. The van der Waals surface area contributed by atoms with Gasteiger partial charge < -0.3 is 19.9 Å². The lowest BCUT2D eigenvalue weighted by Gasteiger charge is -2.34. The molecule has 7 heteroatoms. The van der Waals surface area contributed by atoms with Gasteiger partial charge in [-0.15, -0.1) is 0 Å². The van der Waals surface area contributed by atoms with Crippen LogP contribution in [0.25, 0.3) is 0 Å². The van der Waals surface area contributed by atoms with Crippen molar-refractivity contribution in [2.45, 2.75) is 26.9 Å². The Labute approximate surface area is 147 Å². The molecule has 1 aromatic carbocycles. The van der Waals surface area contributed by atoms with Crippen molar-refractivity contribution in [1.82, 2.24) is 9.80 Å². The van der Waals surface area contributed by atoms with E-state index in [1.165, 1.54) is 13.8 Å². The normalized spacial score (nSPS) is 20.0. The summed E-state index contributed by atoms with van der Waals surface area (Å²) in [5.74, 6) is 0.108. The standard InChI is InChI=1S/C18H25N3O4/c1-11-9-21(5)18(24)15-8-14(19-12(2)22)6-7-16(15)25-17(11)10-20(4)13(3)23/h6-8,11,17H,9-10H2,1-5H3,(H,19,22)/t11-,17+/m0/s1. The van der Waals surface area contributed by atoms with Gasteiger partial charge >= 0.3 is 0 Å². The molecule has 0 bridgehead atoms. The average Bonchev–Trinajstić information content (AvgIpc) is 2.53. The fraction of sp³-hybridized carbons (Fsp3) is 0.500. The second-order valence-corrected chi connectivity index (χ2v) is 6.61. The molecule has 0 saturated carbocycles. The first kappa shape index (κ1) is 18.8. The van der Waals surface area contributed by atoms with Gasteiger partial charge in [-0.2, -0.15) is 0 Å². The molecule has 25 heavy (non-hydrogen) atoms. The Kier molecular flexibility index (Phi) is 5.66. The summed E-state index contributed by atoms with van der Waals surface area (Å²) in [6, 6.07) is 5.01. The van der Waals surface area contributed by atoms with Crippen LogP contribution in [0.3, 0.4) is 0 Å². The van der Waals surface area contributed by atoms with Gasteiger partial charge in [0.2, 0.25) is 11.8 Å². The van der Waals surface area contributed by atoms with Gasteiger partial charge in [-0.05, 0) is 18.2 Å². The lowest BCUT2D eigenvalue weighted by molar-refractivity contribution is -0.129. The highest BCUT2D eigenvalue weighted by atomic mass is 16.5.